The fourth-order valence-corrected chi connectivity index (χ4v) is 1.84. The van der Waals surface area contributed by atoms with Crippen molar-refractivity contribution in [3.63, 3.8) is 0 Å². The standard InChI is InChI=1S/C12H16BrN5O/c1-17(8-10-19-9-7-13)12-14-15-16-18(12)11-5-3-2-4-6-11/h2-6H,7-10H2,1H3. The monoisotopic (exact) mass is 325 g/mol. The van der Waals surface area contributed by atoms with Gasteiger partial charge in [0.2, 0.25) is 5.95 Å². The van der Waals surface area contributed by atoms with Gasteiger partial charge < -0.3 is 9.64 Å². The minimum absolute atomic E-state index is 0.643. The molecule has 19 heavy (non-hydrogen) atoms. The number of rotatable bonds is 7. The van der Waals surface area contributed by atoms with Gasteiger partial charge in [0.15, 0.2) is 0 Å². The third-order valence-corrected chi connectivity index (χ3v) is 2.91. The van der Waals surface area contributed by atoms with Gasteiger partial charge in [-0.1, -0.05) is 39.2 Å². The van der Waals surface area contributed by atoms with Crippen LogP contribution in [0.4, 0.5) is 5.95 Å². The first-order valence-corrected chi connectivity index (χ1v) is 7.13. The maximum atomic E-state index is 5.43. The van der Waals surface area contributed by atoms with E-state index in [4.69, 9.17) is 4.74 Å². The zero-order valence-electron chi connectivity index (χ0n) is 10.7. The van der Waals surface area contributed by atoms with Gasteiger partial charge >= 0.3 is 0 Å². The minimum Gasteiger partial charge on any atom is -0.379 e. The van der Waals surface area contributed by atoms with Gasteiger partial charge in [-0.2, -0.15) is 4.68 Å². The van der Waals surface area contributed by atoms with Crippen LogP contribution in [0.25, 0.3) is 5.69 Å². The summed E-state index contributed by atoms with van der Waals surface area (Å²) in [5.41, 5.74) is 0.940. The Labute approximate surface area is 120 Å². The molecule has 1 aromatic heterocycles. The molecule has 1 heterocycles. The Morgan fingerprint density at radius 3 is 2.79 bits per heavy atom. The Kier molecular flexibility index (Phi) is 5.29. The van der Waals surface area contributed by atoms with Crippen molar-refractivity contribution in [3.8, 4) is 5.69 Å². The van der Waals surface area contributed by atoms with Crippen LogP contribution in [0.15, 0.2) is 30.3 Å². The summed E-state index contributed by atoms with van der Waals surface area (Å²) in [5.74, 6) is 0.702. The number of alkyl halides is 1. The van der Waals surface area contributed by atoms with Crippen molar-refractivity contribution in [1.29, 1.82) is 0 Å². The number of anilines is 1. The number of likely N-dealkylation sites (N-methyl/N-ethyl adjacent to an activating group) is 1. The van der Waals surface area contributed by atoms with Crippen LogP contribution < -0.4 is 4.90 Å². The van der Waals surface area contributed by atoms with Crippen LogP contribution >= 0.6 is 15.9 Å². The van der Waals surface area contributed by atoms with Gasteiger partial charge in [-0.25, -0.2) is 0 Å². The number of hydrogen-bond donors (Lipinski definition) is 0. The molecule has 0 amide bonds. The summed E-state index contributed by atoms with van der Waals surface area (Å²) in [4.78, 5) is 1.97. The fraction of sp³-hybridized carbons (Fsp3) is 0.417. The molecule has 0 spiro atoms. The molecule has 0 aliphatic heterocycles. The lowest BCUT2D eigenvalue weighted by atomic mass is 10.3. The lowest BCUT2D eigenvalue weighted by Crippen LogP contribution is -2.26. The number of hydrogen-bond acceptors (Lipinski definition) is 5. The van der Waals surface area contributed by atoms with Gasteiger partial charge in [-0.05, 0) is 22.6 Å². The van der Waals surface area contributed by atoms with E-state index in [9.17, 15) is 0 Å². The predicted molar refractivity (Wildman–Crippen MR) is 77.0 cm³/mol. The number of halogens is 1. The van der Waals surface area contributed by atoms with Gasteiger partial charge in [-0.3, -0.25) is 0 Å². The first-order chi connectivity index (χ1) is 9.33. The smallest absolute Gasteiger partial charge is 0.250 e. The minimum atomic E-state index is 0.643. The van der Waals surface area contributed by atoms with Crippen LogP contribution in [-0.2, 0) is 4.74 Å². The number of nitrogens with zero attached hydrogens (tertiary/aromatic N) is 5. The third-order valence-electron chi connectivity index (χ3n) is 2.59. The first kappa shape index (κ1) is 14.0. The zero-order chi connectivity index (χ0) is 13.5. The van der Waals surface area contributed by atoms with E-state index in [-0.39, 0.29) is 0 Å². The second kappa shape index (κ2) is 7.20. The number of ether oxygens (including phenoxy) is 1. The number of tetrazole rings is 1. The summed E-state index contributed by atoms with van der Waals surface area (Å²) in [5, 5.41) is 12.7. The van der Waals surface area contributed by atoms with E-state index in [0.29, 0.717) is 19.2 Å². The molecule has 0 aliphatic rings. The number of para-hydroxylation sites is 1. The van der Waals surface area contributed by atoms with Gasteiger partial charge in [-0.15, -0.1) is 0 Å². The highest BCUT2D eigenvalue weighted by Crippen LogP contribution is 2.13. The lowest BCUT2D eigenvalue weighted by molar-refractivity contribution is 0.157. The second-order valence-electron chi connectivity index (χ2n) is 3.95. The quantitative estimate of drug-likeness (QED) is 0.570. The zero-order valence-corrected chi connectivity index (χ0v) is 12.3. The molecular weight excluding hydrogens is 310 g/mol. The van der Waals surface area contributed by atoms with E-state index >= 15 is 0 Å². The Hall–Kier alpha value is -1.47. The summed E-state index contributed by atoms with van der Waals surface area (Å²) >= 11 is 3.32. The first-order valence-electron chi connectivity index (χ1n) is 6.01. The molecule has 0 radical (unpaired) electrons. The molecule has 0 fully saturated rings. The molecular formula is C12H16BrN5O. The van der Waals surface area contributed by atoms with Gasteiger partial charge in [0.05, 0.1) is 18.9 Å². The SMILES string of the molecule is CN(CCOCCBr)c1nnnn1-c1ccccc1. The topological polar surface area (TPSA) is 56.1 Å². The fourth-order valence-electron chi connectivity index (χ4n) is 1.61. The Bertz CT molecular complexity index is 490. The van der Waals surface area contributed by atoms with Crippen molar-refractivity contribution < 1.29 is 4.74 Å². The summed E-state index contributed by atoms with van der Waals surface area (Å²) in [6, 6.07) is 9.81. The molecule has 0 aliphatic carbocycles. The molecule has 7 heteroatoms. The van der Waals surface area contributed by atoms with Crippen LogP contribution in [-0.4, -0.2) is 52.3 Å². The molecule has 0 atom stereocenters. The molecule has 6 nitrogen and oxygen atoms in total. The Balaban J connectivity index is 2.03. The largest absolute Gasteiger partial charge is 0.379 e. The molecule has 2 aromatic rings. The average Bonchev–Trinajstić information content (AvgIpc) is 2.94. The van der Waals surface area contributed by atoms with E-state index in [0.717, 1.165) is 17.6 Å². The maximum absolute atomic E-state index is 5.43. The Morgan fingerprint density at radius 1 is 1.26 bits per heavy atom. The normalized spacial score (nSPS) is 10.6. The molecule has 1 aromatic carbocycles. The second-order valence-corrected chi connectivity index (χ2v) is 4.74. The van der Waals surface area contributed by atoms with E-state index in [1.54, 1.807) is 4.68 Å². The van der Waals surface area contributed by atoms with E-state index in [2.05, 4.69) is 31.5 Å². The average molecular weight is 326 g/mol. The molecule has 2 rings (SSSR count). The van der Waals surface area contributed by atoms with E-state index in [1.807, 2.05) is 42.3 Å². The summed E-state index contributed by atoms with van der Waals surface area (Å²) in [6.07, 6.45) is 0. The number of benzene rings is 1. The molecule has 0 saturated heterocycles. The van der Waals surface area contributed by atoms with Gasteiger partial charge in [0.25, 0.3) is 0 Å². The van der Waals surface area contributed by atoms with Crippen molar-refractivity contribution in [2.24, 2.45) is 0 Å². The lowest BCUT2D eigenvalue weighted by Gasteiger charge is -2.17. The van der Waals surface area contributed by atoms with Crippen LogP contribution in [0, 0.1) is 0 Å². The van der Waals surface area contributed by atoms with Crippen LogP contribution in [0.5, 0.6) is 0 Å². The van der Waals surface area contributed by atoms with Crippen LogP contribution in [0.1, 0.15) is 0 Å². The van der Waals surface area contributed by atoms with Crippen molar-refractivity contribution in [2.45, 2.75) is 0 Å². The highest BCUT2D eigenvalue weighted by atomic mass is 79.9. The van der Waals surface area contributed by atoms with Crippen LogP contribution in [0.3, 0.4) is 0 Å². The predicted octanol–water partition coefficient (Wildman–Crippen LogP) is 1.51. The third kappa shape index (κ3) is 3.74. The highest BCUT2D eigenvalue weighted by Gasteiger charge is 2.12. The molecule has 0 unspecified atom stereocenters. The van der Waals surface area contributed by atoms with Crippen molar-refractivity contribution >= 4 is 21.9 Å². The van der Waals surface area contributed by atoms with Crippen molar-refractivity contribution in [2.75, 3.05) is 37.0 Å². The molecule has 0 bridgehead atoms. The van der Waals surface area contributed by atoms with Crippen LogP contribution in [0.2, 0.25) is 0 Å². The van der Waals surface area contributed by atoms with E-state index in [1.165, 1.54) is 0 Å². The number of aromatic nitrogens is 4. The Morgan fingerprint density at radius 2 is 2.05 bits per heavy atom. The molecule has 102 valence electrons. The summed E-state index contributed by atoms with van der Waals surface area (Å²) < 4.78 is 7.14. The van der Waals surface area contributed by atoms with E-state index < -0.39 is 0 Å². The van der Waals surface area contributed by atoms with Crippen molar-refractivity contribution in [3.05, 3.63) is 30.3 Å². The van der Waals surface area contributed by atoms with Gasteiger partial charge in [0.1, 0.15) is 0 Å². The molecule has 0 N–H and O–H groups in total. The highest BCUT2D eigenvalue weighted by molar-refractivity contribution is 9.09. The molecule has 0 saturated carbocycles. The van der Waals surface area contributed by atoms with Crippen molar-refractivity contribution in [1.82, 2.24) is 20.2 Å². The summed E-state index contributed by atoms with van der Waals surface area (Å²) in [7, 11) is 1.95. The van der Waals surface area contributed by atoms with Gasteiger partial charge in [0, 0.05) is 18.9 Å². The maximum Gasteiger partial charge on any atom is 0.250 e. The summed E-state index contributed by atoms with van der Waals surface area (Å²) in [6.45, 7) is 2.08.